The first-order valence-electron chi connectivity index (χ1n) is 4.57. The third kappa shape index (κ3) is 2.73. The van der Waals surface area contributed by atoms with Crippen molar-refractivity contribution in [1.82, 2.24) is 9.97 Å². The molecule has 3 nitrogen and oxygen atoms in total. The fraction of sp³-hybridized carbons (Fsp3) is 0. The van der Waals surface area contributed by atoms with E-state index >= 15 is 0 Å². The van der Waals surface area contributed by atoms with Gasteiger partial charge in [0.2, 0.25) is 5.28 Å². The van der Waals surface area contributed by atoms with Crippen molar-refractivity contribution in [3.63, 3.8) is 0 Å². The number of anilines is 2. The predicted octanol–water partition coefficient (Wildman–Crippen LogP) is 4.05. The van der Waals surface area contributed by atoms with E-state index in [4.69, 9.17) is 11.6 Å². The highest BCUT2D eigenvalue weighted by Crippen LogP contribution is 2.26. The van der Waals surface area contributed by atoms with Crippen LogP contribution in [0.1, 0.15) is 0 Å². The fourth-order valence-electron chi connectivity index (χ4n) is 1.18. The smallest absolute Gasteiger partial charge is 0.224 e. The van der Waals surface area contributed by atoms with Crippen molar-refractivity contribution in [1.29, 1.82) is 0 Å². The molecule has 0 spiro atoms. The van der Waals surface area contributed by atoms with E-state index in [1.807, 2.05) is 0 Å². The number of nitrogens with zero attached hydrogens (tertiary/aromatic N) is 2. The molecule has 0 saturated carbocycles. The van der Waals surface area contributed by atoms with E-state index in [0.29, 0.717) is 6.07 Å². The Morgan fingerprint density at radius 1 is 1.11 bits per heavy atom. The number of halogens is 5. The summed E-state index contributed by atoms with van der Waals surface area (Å²) in [4.78, 5) is 6.97. The van der Waals surface area contributed by atoms with Crippen molar-refractivity contribution >= 4 is 39.0 Å². The van der Waals surface area contributed by atoms with Gasteiger partial charge in [-0.25, -0.2) is 18.2 Å². The largest absolute Gasteiger partial charge is 0.335 e. The molecule has 0 fully saturated rings. The van der Waals surface area contributed by atoms with Gasteiger partial charge in [-0.2, -0.15) is 4.98 Å². The third-order valence-electron chi connectivity index (χ3n) is 1.98. The summed E-state index contributed by atoms with van der Waals surface area (Å²) in [6.07, 6.45) is 0.841. The van der Waals surface area contributed by atoms with E-state index in [-0.39, 0.29) is 21.3 Å². The van der Waals surface area contributed by atoms with Crippen molar-refractivity contribution in [3.05, 3.63) is 45.5 Å². The monoisotopic (exact) mass is 337 g/mol. The number of rotatable bonds is 2. The van der Waals surface area contributed by atoms with Gasteiger partial charge in [-0.3, -0.25) is 0 Å². The molecule has 94 valence electrons. The molecule has 1 aromatic carbocycles. The first kappa shape index (κ1) is 13.1. The van der Waals surface area contributed by atoms with Gasteiger partial charge < -0.3 is 5.32 Å². The lowest BCUT2D eigenvalue weighted by atomic mass is 10.3. The van der Waals surface area contributed by atoms with Crippen LogP contribution in [0, 0.1) is 17.5 Å². The summed E-state index contributed by atoms with van der Waals surface area (Å²) in [5.74, 6) is -2.75. The number of nitrogens with one attached hydrogen (secondary N) is 1. The minimum Gasteiger partial charge on any atom is -0.335 e. The standard InChI is InChI=1S/C10H4BrClF3N3/c11-4-1-8(6(14)2-5(4)13)17-9-7(15)3-16-10(12)18-9/h1-3H,(H,16,17,18). The molecule has 0 aliphatic carbocycles. The molecule has 0 amide bonds. The van der Waals surface area contributed by atoms with Crippen molar-refractivity contribution in [2.75, 3.05) is 5.32 Å². The van der Waals surface area contributed by atoms with Gasteiger partial charge in [0.05, 0.1) is 16.4 Å². The van der Waals surface area contributed by atoms with Gasteiger partial charge in [-0.05, 0) is 33.6 Å². The molecule has 0 saturated heterocycles. The molecular formula is C10H4BrClF3N3. The van der Waals surface area contributed by atoms with Gasteiger partial charge in [0.15, 0.2) is 11.6 Å². The van der Waals surface area contributed by atoms with Crippen LogP contribution in [-0.4, -0.2) is 9.97 Å². The molecule has 0 aliphatic rings. The summed E-state index contributed by atoms with van der Waals surface area (Å²) < 4.78 is 39.8. The summed E-state index contributed by atoms with van der Waals surface area (Å²) in [5.41, 5.74) is -0.142. The molecule has 0 unspecified atom stereocenters. The molecule has 1 aromatic heterocycles. The zero-order chi connectivity index (χ0) is 13.3. The van der Waals surface area contributed by atoms with Crippen LogP contribution in [0.3, 0.4) is 0 Å². The molecule has 2 rings (SSSR count). The molecule has 18 heavy (non-hydrogen) atoms. The van der Waals surface area contributed by atoms with Crippen molar-refractivity contribution in [2.24, 2.45) is 0 Å². The van der Waals surface area contributed by atoms with E-state index in [2.05, 4.69) is 31.2 Å². The second-order valence-electron chi connectivity index (χ2n) is 3.21. The SMILES string of the molecule is Fc1cc(F)c(Nc2nc(Cl)ncc2F)cc1Br. The van der Waals surface area contributed by atoms with Gasteiger partial charge in [-0.1, -0.05) is 0 Å². The molecule has 1 heterocycles. The van der Waals surface area contributed by atoms with Crippen LogP contribution in [0.2, 0.25) is 5.28 Å². The molecular weight excluding hydrogens is 334 g/mol. The van der Waals surface area contributed by atoms with E-state index in [0.717, 1.165) is 12.3 Å². The summed E-state index contributed by atoms with van der Waals surface area (Å²) in [6, 6.07) is 1.78. The quantitative estimate of drug-likeness (QED) is 0.663. The zero-order valence-electron chi connectivity index (χ0n) is 8.52. The summed E-state index contributed by atoms with van der Waals surface area (Å²) in [7, 11) is 0. The fourth-order valence-corrected chi connectivity index (χ4v) is 1.66. The van der Waals surface area contributed by atoms with Gasteiger partial charge >= 0.3 is 0 Å². The third-order valence-corrected chi connectivity index (χ3v) is 2.77. The van der Waals surface area contributed by atoms with Crippen LogP contribution < -0.4 is 5.32 Å². The Balaban J connectivity index is 2.40. The van der Waals surface area contributed by atoms with Crippen molar-refractivity contribution < 1.29 is 13.2 Å². The van der Waals surface area contributed by atoms with Gasteiger partial charge in [0.1, 0.15) is 11.6 Å². The molecule has 1 N–H and O–H groups in total. The molecule has 0 aliphatic heterocycles. The maximum Gasteiger partial charge on any atom is 0.224 e. The lowest BCUT2D eigenvalue weighted by molar-refractivity contribution is 0.581. The lowest BCUT2D eigenvalue weighted by Crippen LogP contribution is -2.01. The second kappa shape index (κ2) is 5.11. The molecule has 2 aromatic rings. The van der Waals surface area contributed by atoms with Gasteiger partial charge in [0.25, 0.3) is 0 Å². The maximum atomic E-state index is 13.4. The normalized spacial score (nSPS) is 10.5. The Bertz CT molecular complexity index is 609. The van der Waals surface area contributed by atoms with E-state index in [1.54, 1.807) is 0 Å². The van der Waals surface area contributed by atoms with Crippen LogP contribution in [0.15, 0.2) is 22.8 Å². The number of hydrogen-bond donors (Lipinski definition) is 1. The number of hydrogen-bond acceptors (Lipinski definition) is 3. The van der Waals surface area contributed by atoms with Crippen LogP contribution in [0.25, 0.3) is 0 Å². The van der Waals surface area contributed by atoms with Crippen molar-refractivity contribution in [2.45, 2.75) is 0 Å². The minimum absolute atomic E-state index is 0.0342. The van der Waals surface area contributed by atoms with E-state index in [1.165, 1.54) is 0 Å². The minimum atomic E-state index is -0.884. The summed E-state index contributed by atoms with van der Waals surface area (Å²) in [6.45, 7) is 0. The highest BCUT2D eigenvalue weighted by Gasteiger charge is 2.12. The van der Waals surface area contributed by atoms with Gasteiger partial charge in [0, 0.05) is 6.07 Å². The van der Waals surface area contributed by atoms with E-state index in [9.17, 15) is 13.2 Å². The Morgan fingerprint density at radius 2 is 1.83 bits per heavy atom. The molecule has 0 atom stereocenters. The van der Waals surface area contributed by atoms with Crippen LogP contribution >= 0.6 is 27.5 Å². The lowest BCUT2D eigenvalue weighted by Gasteiger charge is -2.08. The second-order valence-corrected chi connectivity index (χ2v) is 4.40. The average Bonchev–Trinajstić information content (AvgIpc) is 2.30. The first-order valence-corrected chi connectivity index (χ1v) is 5.74. The molecule has 8 heteroatoms. The van der Waals surface area contributed by atoms with E-state index < -0.39 is 17.5 Å². The molecule has 0 bridgehead atoms. The summed E-state index contributed by atoms with van der Waals surface area (Å²) >= 11 is 8.38. The van der Waals surface area contributed by atoms with Crippen LogP contribution in [0.4, 0.5) is 24.7 Å². The zero-order valence-corrected chi connectivity index (χ0v) is 10.9. The van der Waals surface area contributed by atoms with Crippen molar-refractivity contribution in [3.8, 4) is 0 Å². The summed E-state index contributed by atoms with van der Waals surface area (Å²) in [5, 5.41) is 2.17. The number of aromatic nitrogens is 2. The topological polar surface area (TPSA) is 37.8 Å². The Kier molecular flexibility index (Phi) is 3.72. The highest BCUT2D eigenvalue weighted by molar-refractivity contribution is 9.10. The average molecular weight is 339 g/mol. The Labute approximate surface area is 113 Å². The maximum absolute atomic E-state index is 13.4. The highest BCUT2D eigenvalue weighted by atomic mass is 79.9. The predicted molar refractivity (Wildman–Crippen MR) is 64.3 cm³/mol. The van der Waals surface area contributed by atoms with Crippen LogP contribution in [-0.2, 0) is 0 Å². The van der Waals surface area contributed by atoms with Crippen LogP contribution in [0.5, 0.6) is 0 Å². The number of benzene rings is 1. The molecule has 0 radical (unpaired) electrons. The Hall–Kier alpha value is -1.34. The Morgan fingerprint density at radius 3 is 2.56 bits per heavy atom. The van der Waals surface area contributed by atoms with Gasteiger partial charge in [-0.15, -0.1) is 0 Å². The first-order chi connectivity index (χ1) is 8.47.